The van der Waals surface area contributed by atoms with E-state index in [0.717, 1.165) is 51.4 Å². The van der Waals surface area contributed by atoms with E-state index < -0.39 is 36.9 Å². The third-order valence-corrected chi connectivity index (χ3v) is 8.48. The first-order valence-corrected chi connectivity index (χ1v) is 18.1. The maximum Gasteiger partial charge on any atom is 0.249 e. The fourth-order valence-electron chi connectivity index (χ4n) is 5.51. The van der Waals surface area contributed by atoms with Gasteiger partial charge in [0.1, 0.15) is 12.2 Å². The van der Waals surface area contributed by atoms with Crippen LogP contribution in [0.2, 0.25) is 0 Å². The van der Waals surface area contributed by atoms with E-state index in [4.69, 9.17) is 0 Å². The summed E-state index contributed by atoms with van der Waals surface area (Å²) in [6.45, 7) is 3.90. The molecule has 0 heterocycles. The number of aliphatic hydroxyl groups excluding tert-OH is 4. The molecule has 5 N–H and O–H groups in total. The van der Waals surface area contributed by atoms with Crippen LogP contribution >= 0.6 is 0 Å². The largest absolute Gasteiger partial charge is 0.394 e. The highest BCUT2D eigenvalue weighted by molar-refractivity contribution is 5.80. The topological polar surface area (TPSA) is 110 Å². The molecule has 4 unspecified atom stereocenters. The van der Waals surface area contributed by atoms with Crippen LogP contribution in [0.25, 0.3) is 0 Å². The number of nitrogens with one attached hydrogen (secondary N) is 1. The first kappa shape index (κ1) is 41.0. The van der Waals surface area contributed by atoms with Crippen molar-refractivity contribution in [2.75, 3.05) is 6.61 Å². The van der Waals surface area contributed by atoms with E-state index >= 15 is 0 Å². The Morgan fingerprint density at radius 2 is 0.952 bits per heavy atom. The van der Waals surface area contributed by atoms with Gasteiger partial charge in [-0.05, 0) is 38.5 Å². The number of hydrogen-bond donors (Lipinski definition) is 5. The minimum Gasteiger partial charge on any atom is -0.394 e. The first-order chi connectivity index (χ1) is 20.5. The summed E-state index contributed by atoms with van der Waals surface area (Å²) in [5.74, 6) is -0.596. The Morgan fingerprint density at radius 1 is 0.571 bits per heavy atom. The van der Waals surface area contributed by atoms with Crippen molar-refractivity contribution in [1.82, 2.24) is 5.32 Å². The van der Waals surface area contributed by atoms with Crippen molar-refractivity contribution in [3.05, 3.63) is 12.2 Å². The minimum absolute atomic E-state index is 0.363. The zero-order chi connectivity index (χ0) is 31.1. The average Bonchev–Trinajstić information content (AvgIpc) is 2.99. The van der Waals surface area contributed by atoms with Gasteiger partial charge in [0.2, 0.25) is 5.91 Å². The van der Waals surface area contributed by atoms with Crippen molar-refractivity contribution in [3.63, 3.8) is 0 Å². The fraction of sp³-hybridized carbons (Fsp3) is 0.917. The standard InChI is InChI=1S/C36H71NO5/c1-3-5-7-9-10-11-12-13-14-15-16-17-18-19-20-21-22-23-24-25-26-28-30-34(40)36(42)37-32(31-38)35(41)33(39)29-27-8-6-4-2/h19-20,32-35,38-41H,3-18,21-31H2,1-2H3,(H,37,42)/b20-19-. The average molecular weight is 598 g/mol. The summed E-state index contributed by atoms with van der Waals surface area (Å²) in [5, 5.41) is 42.8. The molecule has 4 atom stereocenters. The van der Waals surface area contributed by atoms with E-state index in [0.29, 0.717) is 12.8 Å². The maximum atomic E-state index is 12.3. The van der Waals surface area contributed by atoms with Gasteiger partial charge in [-0.25, -0.2) is 0 Å². The van der Waals surface area contributed by atoms with Crippen LogP contribution < -0.4 is 5.32 Å². The van der Waals surface area contributed by atoms with Crippen LogP contribution in [0.1, 0.15) is 181 Å². The summed E-state index contributed by atoms with van der Waals surface area (Å²) in [6, 6.07) is -0.980. The molecule has 0 aromatic carbocycles. The highest BCUT2D eigenvalue weighted by Gasteiger charge is 2.28. The summed E-state index contributed by atoms with van der Waals surface area (Å²) in [5.41, 5.74) is 0. The van der Waals surface area contributed by atoms with Gasteiger partial charge in [-0.15, -0.1) is 0 Å². The highest BCUT2D eigenvalue weighted by atomic mass is 16.3. The number of hydrogen-bond acceptors (Lipinski definition) is 5. The summed E-state index contributed by atoms with van der Waals surface area (Å²) >= 11 is 0. The predicted molar refractivity (Wildman–Crippen MR) is 178 cm³/mol. The summed E-state index contributed by atoms with van der Waals surface area (Å²) in [6.07, 6.45) is 31.6. The van der Waals surface area contributed by atoms with Gasteiger partial charge in [0.25, 0.3) is 0 Å². The minimum atomic E-state index is -1.25. The Hall–Kier alpha value is -0.950. The normalized spacial score (nSPS) is 14.7. The number of carbonyl (C=O) groups is 1. The molecule has 6 heteroatoms. The molecule has 0 aromatic heterocycles. The van der Waals surface area contributed by atoms with E-state index in [1.807, 2.05) is 0 Å². The van der Waals surface area contributed by atoms with Crippen molar-refractivity contribution in [3.8, 4) is 0 Å². The van der Waals surface area contributed by atoms with Gasteiger partial charge < -0.3 is 25.7 Å². The quantitative estimate of drug-likeness (QED) is 0.0396. The predicted octanol–water partition coefficient (Wildman–Crippen LogP) is 8.28. The molecular weight excluding hydrogens is 526 g/mol. The lowest BCUT2D eigenvalue weighted by Crippen LogP contribution is -2.53. The zero-order valence-corrected chi connectivity index (χ0v) is 27.8. The fourth-order valence-corrected chi connectivity index (χ4v) is 5.51. The third kappa shape index (κ3) is 25.5. The van der Waals surface area contributed by atoms with Gasteiger partial charge in [0.15, 0.2) is 0 Å². The van der Waals surface area contributed by atoms with Crippen molar-refractivity contribution < 1.29 is 25.2 Å². The van der Waals surface area contributed by atoms with E-state index in [1.165, 1.54) is 103 Å². The Bertz CT molecular complexity index is 599. The molecule has 1 amide bonds. The van der Waals surface area contributed by atoms with Crippen LogP contribution in [0.3, 0.4) is 0 Å². The molecular formula is C36H71NO5. The number of amides is 1. The SMILES string of the molecule is CCCCCCCCCCCCCC/C=C\CCCCCCCCC(O)C(=O)NC(CO)C(O)C(O)CCCCCC. The number of aliphatic hydroxyl groups is 4. The Morgan fingerprint density at radius 3 is 1.40 bits per heavy atom. The van der Waals surface area contributed by atoms with Gasteiger partial charge in [-0.3, -0.25) is 4.79 Å². The van der Waals surface area contributed by atoms with Crippen LogP contribution in [0.5, 0.6) is 0 Å². The van der Waals surface area contributed by atoms with Crippen LogP contribution in [0.15, 0.2) is 12.2 Å². The summed E-state index contributed by atoms with van der Waals surface area (Å²) in [4.78, 5) is 12.3. The van der Waals surface area contributed by atoms with Crippen molar-refractivity contribution in [2.45, 2.75) is 205 Å². The molecule has 0 spiro atoms. The van der Waals surface area contributed by atoms with Crippen LogP contribution in [0, 0.1) is 0 Å². The molecule has 0 aliphatic heterocycles. The molecule has 42 heavy (non-hydrogen) atoms. The number of carbonyl (C=O) groups excluding carboxylic acids is 1. The van der Waals surface area contributed by atoms with Crippen LogP contribution in [-0.4, -0.2) is 57.3 Å². The van der Waals surface area contributed by atoms with Crippen LogP contribution in [0.4, 0.5) is 0 Å². The second kappa shape index (κ2) is 31.5. The van der Waals surface area contributed by atoms with E-state index in [2.05, 4.69) is 31.3 Å². The van der Waals surface area contributed by atoms with Gasteiger partial charge in [-0.1, -0.05) is 154 Å². The summed E-state index contributed by atoms with van der Waals surface area (Å²) < 4.78 is 0. The maximum absolute atomic E-state index is 12.3. The molecule has 0 radical (unpaired) electrons. The van der Waals surface area contributed by atoms with Gasteiger partial charge in [-0.2, -0.15) is 0 Å². The van der Waals surface area contributed by atoms with E-state index in [1.54, 1.807) is 0 Å². The molecule has 0 aromatic rings. The van der Waals surface area contributed by atoms with Crippen molar-refractivity contribution in [1.29, 1.82) is 0 Å². The van der Waals surface area contributed by atoms with E-state index in [-0.39, 0.29) is 0 Å². The zero-order valence-electron chi connectivity index (χ0n) is 27.8. The third-order valence-electron chi connectivity index (χ3n) is 8.48. The second-order valence-corrected chi connectivity index (χ2v) is 12.6. The molecule has 0 aliphatic carbocycles. The number of allylic oxidation sites excluding steroid dienone is 2. The molecule has 250 valence electrons. The number of rotatable bonds is 32. The smallest absolute Gasteiger partial charge is 0.249 e. The van der Waals surface area contributed by atoms with Crippen LogP contribution in [-0.2, 0) is 4.79 Å². The van der Waals surface area contributed by atoms with Gasteiger partial charge in [0, 0.05) is 0 Å². The van der Waals surface area contributed by atoms with Gasteiger partial charge in [0.05, 0.1) is 18.8 Å². The lowest BCUT2D eigenvalue weighted by atomic mass is 9.99. The molecule has 0 aliphatic rings. The lowest BCUT2D eigenvalue weighted by Gasteiger charge is -2.27. The van der Waals surface area contributed by atoms with Crippen molar-refractivity contribution >= 4 is 5.91 Å². The Kier molecular flexibility index (Phi) is 30.8. The molecule has 6 nitrogen and oxygen atoms in total. The molecule has 0 fully saturated rings. The monoisotopic (exact) mass is 598 g/mol. The number of unbranched alkanes of at least 4 members (excludes halogenated alkanes) is 21. The molecule has 0 bridgehead atoms. The first-order valence-electron chi connectivity index (χ1n) is 18.1. The second-order valence-electron chi connectivity index (χ2n) is 12.6. The molecule has 0 rings (SSSR count). The van der Waals surface area contributed by atoms with E-state index in [9.17, 15) is 25.2 Å². The lowest BCUT2D eigenvalue weighted by molar-refractivity contribution is -0.132. The Balaban J connectivity index is 3.63. The molecule has 0 saturated heterocycles. The van der Waals surface area contributed by atoms with Crippen molar-refractivity contribution in [2.24, 2.45) is 0 Å². The summed E-state index contributed by atoms with van der Waals surface area (Å²) in [7, 11) is 0. The Labute approximate surface area is 260 Å². The van der Waals surface area contributed by atoms with Gasteiger partial charge >= 0.3 is 0 Å². The highest BCUT2D eigenvalue weighted by Crippen LogP contribution is 2.15. The molecule has 0 saturated carbocycles.